The number of alkyl halides is 1. The number of aromatic amines is 1. The first kappa shape index (κ1) is 24.1. The van der Waals surface area contributed by atoms with Crippen molar-refractivity contribution in [1.29, 1.82) is 0 Å². The summed E-state index contributed by atoms with van der Waals surface area (Å²) in [4.78, 5) is 45.3. The van der Waals surface area contributed by atoms with Crippen LogP contribution in [0.4, 0.5) is 21.6 Å². The van der Waals surface area contributed by atoms with Gasteiger partial charge in [-0.3, -0.25) is 14.4 Å². The molecule has 4 rings (SSSR count). The zero-order valence-corrected chi connectivity index (χ0v) is 20.0. The second-order valence-corrected chi connectivity index (χ2v) is 9.40. The minimum Gasteiger partial charge on any atom is -0.469 e. The highest BCUT2D eigenvalue weighted by Crippen LogP contribution is 2.44. The summed E-state index contributed by atoms with van der Waals surface area (Å²) < 4.78 is 19.0. The molecule has 9 heteroatoms. The van der Waals surface area contributed by atoms with Crippen LogP contribution in [0.5, 0.6) is 0 Å². The largest absolute Gasteiger partial charge is 0.469 e. The van der Waals surface area contributed by atoms with E-state index in [9.17, 15) is 18.8 Å². The van der Waals surface area contributed by atoms with Crippen LogP contribution in [0.15, 0.2) is 48.7 Å². The zero-order valence-electron chi connectivity index (χ0n) is 20.0. The summed E-state index contributed by atoms with van der Waals surface area (Å²) in [5, 5.41) is 5.81. The Hall–Kier alpha value is -4.01. The number of pyridine rings is 1. The fraction of sp³-hybridized carbons (Fsp3) is 0.308. The fourth-order valence-corrected chi connectivity index (χ4v) is 4.20. The van der Waals surface area contributed by atoms with E-state index in [4.69, 9.17) is 4.74 Å². The average molecular weight is 479 g/mol. The van der Waals surface area contributed by atoms with E-state index < -0.39 is 23.0 Å². The van der Waals surface area contributed by atoms with Crippen LogP contribution in [0.2, 0.25) is 0 Å². The lowest BCUT2D eigenvalue weighted by atomic mass is 9.74. The van der Waals surface area contributed by atoms with Gasteiger partial charge in [-0.2, -0.15) is 0 Å². The van der Waals surface area contributed by atoms with Gasteiger partial charge in [-0.05, 0) is 45.0 Å². The Morgan fingerprint density at radius 2 is 1.89 bits per heavy atom. The molecule has 0 fully saturated rings. The van der Waals surface area contributed by atoms with Crippen LogP contribution in [-0.4, -0.2) is 40.4 Å². The Morgan fingerprint density at radius 3 is 2.54 bits per heavy atom. The first-order valence-corrected chi connectivity index (χ1v) is 11.2. The van der Waals surface area contributed by atoms with Crippen molar-refractivity contribution in [3.8, 4) is 11.3 Å². The average Bonchev–Trinajstić information content (AvgIpc) is 3.16. The summed E-state index contributed by atoms with van der Waals surface area (Å²) in [5.41, 5.74) is 0.533. The number of nitrogens with one attached hydrogen (secondary N) is 3. The number of halogens is 1. The Labute approximate surface area is 202 Å². The molecule has 1 aliphatic carbocycles. The standard InChI is InChI=1S/C26H27FN4O4/c1-25(2,27)23(33)31-19-12-15(10-11-28-19)21-22(29-16-8-6-5-7-9-16)20-17(30-21)13-26(3,14-18(20)32)24(34)35-4/h5-12,29-30H,13-14H2,1-4H3,(H,28,31,33). The number of anilines is 3. The molecule has 0 radical (unpaired) electrons. The molecule has 0 aliphatic heterocycles. The number of amides is 1. The molecule has 3 N–H and O–H groups in total. The van der Waals surface area contributed by atoms with E-state index in [2.05, 4.69) is 20.6 Å². The van der Waals surface area contributed by atoms with E-state index in [1.165, 1.54) is 13.3 Å². The molecule has 1 aromatic carbocycles. The van der Waals surface area contributed by atoms with Gasteiger partial charge in [0.05, 0.1) is 29.5 Å². The van der Waals surface area contributed by atoms with Crippen LogP contribution in [0, 0.1) is 5.41 Å². The number of nitrogens with zero attached hydrogens (tertiary/aromatic N) is 1. The number of aromatic nitrogens is 2. The van der Waals surface area contributed by atoms with E-state index in [0.717, 1.165) is 19.5 Å². The molecule has 0 bridgehead atoms. The Bertz CT molecular complexity index is 1300. The van der Waals surface area contributed by atoms with E-state index in [1.807, 2.05) is 30.3 Å². The van der Waals surface area contributed by atoms with Gasteiger partial charge in [0.25, 0.3) is 5.91 Å². The number of rotatable bonds is 6. The smallest absolute Gasteiger partial charge is 0.312 e. The molecule has 2 aromatic heterocycles. The molecule has 0 saturated heterocycles. The normalized spacial score (nSPS) is 17.5. The van der Waals surface area contributed by atoms with Gasteiger partial charge in [-0.1, -0.05) is 18.2 Å². The predicted octanol–water partition coefficient (Wildman–Crippen LogP) is 4.82. The molecule has 8 nitrogen and oxygen atoms in total. The molecule has 35 heavy (non-hydrogen) atoms. The maximum atomic E-state index is 14.0. The van der Waals surface area contributed by atoms with Gasteiger partial charge in [0.1, 0.15) is 5.82 Å². The Morgan fingerprint density at radius 1 is 1.17 bits per heavy atom. The number of methoxy groups -OCH3 is 1. The number of hydrogen-bond donors (Lipinski definition) is 3. The van der Waals surface area contributed by atoms with Crippen LogP contribution in [0.3, 0.4) is 0 Å². The summed E-state index contributed by atoms with van der Waals surface area (Å²) >= 11 is 0. The van der Waals surface area contributed by atoms with Crippen molar-refractivity contribution in [2.75, 3.05) is 17.7 Å². The van der Waals surface area contributed by atoms with Gasteiger partial charge in [0.2, 0.25) is 0 Å². The topological polar surface area (TPSA) is 113 Å². The van der Waals surface area contributed by atoms with E-state index >= 15 is 0 Å². The highest BCUT2D eigenvalue weighted by atomic mass is 19.1. The van der Waals surface area contributed by atoms with Gasteiger partial charge in [0.15, 0.2) is 11.5 Å². The number of carbonyl (C=O) groups is 3. The molecule has 0 saturated carbocycles. The molecule has 3 aromatic rings. The zero-order chi connectivity index (χ0) is 25.4. The van der Waals surface area contributed by atoms with Gasteiger partial charge in [-0.15, -0.1) is 0 Å². The first-order chi connectivity index (χ1) is 16.5. The number of carbonyl (C=O) groups excluding carboxylic acids is 3. The fourth-order valence-electron chi connectivity index (χ4n) is 4.20. The number of ether oxygens (including phenoxy) is 1. The molecule has 1 unspecified atom stereocenters. The number of esters is 1. The Balaban J connectivity index is 1.81. The number of Topliss-reactive ketones (excluding diaryl/α,β-unsaturated/α-hetero) is 1. The van der Waals surface area contributed by atoms with Crippen LogP contribution < -0.4 is 10.6 Å². The summed E-state index contributed by atoms with van der Waals surface area (Å²) in [6.45, 7) is 4.04. The molecule has 182 valence electrons. The number of benzene rings is 1. The van der Waals surface area contributed by atoms with Crippen molar-refractivity contribution < 1.29 is 23.5 Å². The summed E-state index contributed by atoms with van der Waals surface area (Å²) in [6, 6.07) is 12.7. The molecule has 1 aliphatic rings. The van der Waals surface area contributed by atoms with Crippen molar-refractivity contribution in [1.82, 2.24) is 9.97 Å². The molecule has 2 heterocycles. The minimum absolute atomic E-state index is 0.0106. The van der Waals surface area contributed by atoms with Crippen LogP contribution in [0.1, 0.15) is 43.2 Å². The van der Waals surface area contributed by atoms with Gasteiger partial charge in [0, 0.05) is 36.0 Å². The minimum atomic E-state index is -2.08. The number of H-pyrrole nitrogens is 1. The van der Waals surface area contributed by atoms with Crippen LogP contribution in [0.25, 0.3) is 11.3 Å². The van der Waals surface area contributed by atoms with Gasteiger partial charge < -0.3 is 20.4 Å². The van der Waals surface area contributed by atoms with Gasteiger partial charge >= 0.3 is 5.97 Å². The van der Waals surface area contributed by atoms with E-state index in [-0.39, 0.29) is 24.4 Å². The third kappa shape index (κ3) is 4.80. The molecule has 1 amide bonds. The lowest BCUT2D eigenvalue weighted by Gasteiger charge is -2.29. The van der Waals surface area contributed by atoms with Crippen molar-refractivity contribution >= 4 is 34.9 Å². The second kappa shape index (κ2) is 8.98. The van der Waals surface area contributed by atoms with Crippen molar-refractivity contribution in [2.24, 2.45) is 5.41 Å². The molecular weight excluding hydrogens is 451 g/mol. The number of ketones is 1. The lowest BCUT2D eigenvalue weighted by Crippen LogP contribution is -2.37. The highest BCUT2D eigenvalue weighted by Gasteiger charge is 2.44. The monoisotopic (exact) mass is 478 g/mol. The van der Waals surface area contributed by atoms with Crippen molar-refractivity contribution in [3.05, 3.63) is 59.9 Å². The third-order valence-electron chi connectivity index (χ3n) is 6.03. The quantitative estimate of drug-likeness (QED) is 0.438. The summed E-state index contributed by atoms with van der Waals surface area (Å²) in [6.07, 6.45) is 1.79. The molecular formula is C26H27FN4O4. The van der Waals surface area contributed by atoms with E-state index in [0.29, 0.717) is 28.2 Å². The maximum Gasteiger partial charge on any atom is 0.312 e. The maximum absolute atomic E-state index is 14.0. The summed E-state index contributed by atoms with van der Waals surface area (Å²) in [5.74, 6) is -1.29. The number of hydrogen-bond acceptors (Lipinski definition) is 6. The second-order valence-electron chi connectivity index (χ2n) is 9.40. The van der Waals surface area contributed by atoms with Crippen LogP contribution in [-0.2, 0) is 20.7 Å². The van der Waals surface area contributed by atoms with E-state index in [1.54, 1.807) is 19.1 Å². The Kier molecular flexibility index (Phi) is 6.19. The number of fused-ring (bicyclic) bond motifs is 1. The van der Waals surface area contributed by atoms with Crippen molar-refractivity contribution in [2.45, 2.75) is 39.3 Å². The molecule has 0 spiro atoms. The van der Waals surface area contributed by atoms with Gasteiger partial charge in [-0.25, -0.2) is 9.37 Å². The molecule has 1 atom stereocenters. The lowest BCUT2D eigenvalue weighted by molar-refractivity contribution is -0.151. The van der Waals surface area contributed by atoms with Crippen molar-refractivity contribution in [3.63, 3.8) is 0 Å². The number of para-hydroxylation sites is 1. The summed E-state index contributed by atoms with van der Waals surface area (Å²) in [7, 11) is 1.31. The first-order valence-electron chi connectivity index (χ1n) is 11.2. The predicted molar refractivity (Wildman–Crippen MR) is 130 cm³/mol. The highest BCUT2D eigenvalue weighted by molar-refractivity contribution is 6.09. The van der Waals surface area contributed by atoms with Crippen LogP contribution >= 0.6 is 0 Å². The SMILES string of the molecule is COC(=O)C1(C)CC(=O)c2c([nH]c(-c3ccnc(NC(=O)C(C)(C)F)c3)c2Nc2ccccc2)C1. The third-order valence-corrected chi connectivity index (χ3v) is 6.03.